The van der Waals surface area contributed by atoms with E-state index in [1.807, 2.05) is 0 Å². The van der Waals surface area contributed by atoms with Crippen LogP contribution in [0.15, 0.2) is 18.2 Å². The van der Waals surface area contributed by atoms with E-state index in [-0.39, 0.29) is 30.2 Å². The van der Waals surface area contributed by atoms with E-state index in [1.54, 1.807) is 19.1 Å². The number of aliphatic hydroxyl groups is 1. The highest BCUT2D eigenvalue weighted by atomic mass is 16.5. The van der Waals surface area contributed by atoms with Crippen molar-refractivity contribution in [3.63, 3.8) is 0 Å². The van der Waals surface area contributed by atoms with Gasteiger partial charge in [-0.15, -0.1) is 0 Å². The Hall–Kier alpha value is -1.75. The van der Waals surface area contributed by atoms with E-state index in [0.29, 0.717) is 11.3 Å². The topological polar surface area (TPSA) is 76.0 Å². The second-order valence-corrected chi connectivity index (χ2v) is 4.46. The maximum absolute atomic E-state index is 11.3. The van der Waals surface area contributed by atoms with Gasteiger partial charge in [0.25, 0.3) is 0 Å². The van der Waals surface area contributed by atoms with Gasteiger partial charge in [0.15, 0.2) is 11.5 Å². The molecular weight excluding hydrogens is 236 g/mol. The van der Waals surface area contributed by atoms with Crippen LogP contribution in [-0.4, -0.2) is 29.9 Å². The van der Waals surface area contributed by atoms with E-state index < -0.39 is 6.10 Å². The van der Waals surface area contributed by atoms with Gasteiger partial charge in [0.1, 0.15) is 0 Å². The van der Waals surface area contributed by atoms with Gasteiger partial charge in [-0.2, -0.15) is 0 Å². The Bertz CT molecular complexity index is 457. The van der Waals surface area contributed by atoms with Crippen LogP contribution in [0.5, 0.6) is 11.5 Å². The molecule has 0 aromatic heterocycles. The number of methoxy groups -OCH3 is 1. The number of ether oxygens (including phenoxy) is 2. The number of carbonyl (C=O) groups excluding carboxylic acids is 1. The number of hydrogen-bond donors (Lipinski definition) is 2. The molecule has 0 aliphatic carbocycles. The summed E-state index contributed by atoms with van der Waals surface area (Å²) < 4.78 is 9.91. The van der Waals surface area contributed by atoms with Gasteiger partial charge in [-0.05, 0) is 17.7 Å². The van der Waals surface area contributed by atoms with E-state index in [0.717, 1.165) is 0 Å². The molecule has 5 heteroatoms. The summed E-state index contributed by atoms with van der Waals surface area (Å²) in [7, 11) is 1.44. The van der Waals surface area contributed by atoms with Crippen LogP contribution < -0.4 is 4.74 Å². The van der Waals surface area contributed by atoms with Gasteiger partial charge in [0.2, 0.25) is 0 Å². The first-order valence-corrected chi connectivity index (χ1v) is 5.76. The molecule has 0 radical (unpaired) electrons. The lowest BCUT2D eigenvalue weighted by molar-refractivity contribution is -0.140. The minimum Gasteiger partial charge on any atom is -0.504 e. The third-order valence-electron chi connectivity index (χ3n) is 3.38. The van der Waals surface area contributed by atoms with Gasteiger partial charge < -0.3 is 19.7 Å². The van der Waals surface area contributed by atoms with E-state index in [9.17, 15) is 15.0 Å². The van der Waals surface area contributed by atoms with Crippen LogP contribution in [0.25, 0.3) is 0 Å². The minimum atomic E-state index is -0.819. The fourth-order valence-electron chi connectivity index (χ4n) is 2.12. The number of aromatic hydroxyl groups is 1. The van der Waals surface area contributed by atoms with Gasteiger partial charge in [-0.25, -0.2) is 0 Å². The zero-order chi connectivity index (χ0) is 13.3. The Morgan fingerprint density at radius 1 is 1.50 bits per heavy atom. The monoisotopic (exact) mass is 252 g/mol. The Morgan fingerprint density at radius 2 is 2.22 bits per heavy atom. The highest BCUT2D eigenvalue weighted by molar-refractivity contribution is 5.74. The third-order valence-corrected chi connectivity index (χ3v) is 3.38. The second kappa shape index (κ2) is 4.86. The first-order valence-electron chi connectivity index (χ1n) is 5.76. The van der Waals surface area contributed by atoms with Gasteiger partial charge in [-0.1, -0.05) is 13.0 Å². The molecule has 2 rings (SSSR count). The lowest BCUT2D eigenvalue weighted by Crippen LogP contribution is -2.20. The van der Waals surface area contributed by atoms with Crippen LogP contribution in [0.1, 0.15) is 18.6 Å². The molecule has 1 aliphatic rings. The Kier molecular flexibility index (Phi) is 3.43. The molecule has 3 unspecified atom stereocenters. The van der Waals surface area contributed by atoms with Crippen molar-refractivity contribution in [2.45, 2.75) is 13.0 Å². The van der Waals surface area contributed by atoms with Crippen molar-refractivity contribution in [2.24, 2.45) is 11.8 Å². The maximum atomic E-state index is 11.3. The molecule has 1 fully saturated rings. The average molecular weight is 252 g/mol. The summed E-state index contributed by atoms with van der Waals surface area (Å²) in [4.78, 5) is 11.3. The van der Waals surface area contributed by atoms with Crippen molar-refractivity contribution in [1.82, 2.24) is 0 Å². The molecule has 18 heavy (non-hydrogen) atoms. The number of esters is 1. The number of rotatable bonds is 3. The fraction of sp³-hybridized carbons (Fsp3) is 0.462. The van der Waals surface area contributed by atoms with Gasteiger partial charge in [0, 0.05) is 5.92 Å². The second-order valence-electron chi connectivity index (χ2n) is 4.46. The van der Waals surface area contributed by atoms with Gasteiger partial charge in [0.05, 0.1) is 25.7 Å². The molecule has 3 atom stereocenters. The largest absolute Gasteiger partial charge is 0.504 e. The van der Waals surface area contributed by atoms with Crippen LogP contribution in [-0.2, 0) is 9.53 Å². The molecule has 1 aromatic rings. The SMILES string of the molecule is COc1cc(C(O)C2COC(=O)C2C)ccc1O. The average Bonchev–Trinajstić information content (AvgIpc) is 2.70. The van der Waals surface area contributed by atoms with E-state index >= 15 is 0 Å². The predicted molar refractivity (Wildman–Crippen MR) is 63.2 cm³/mol. The van der Waals surface area contributed by atoms with E-state index in [2.05, 4.69) is 0 Å². The van der Waals surface area contributed by atoms with Crippen molar-refractivity contribution in [3.05, 3.63) is 23.8 Å². The fourth-order valence-corrected chi connectivity index (χ4v) is 2.12. The van der Waals surface area contributed by atoms with Crippen molar-refractivity contribution in [1.29, 1.82) is 0 Å². The molecule has 0 spiro atoms. The van der Waals surface area contributed by atoms with Crippen molar-refractivity contribution in [2.75, 3.05) is 13.7 Å². The number of cyclic esters (lactones) is 1. The first-order chi connectivity index (χ1) is 8.54. The van der Waals surface area contributed by atoms with Crippen molar-refractivity contribution >= 4 is 5.97 Å². The molecule has 1 aliphatic heterocycles. The molecular formula is C13H16O5. The quantitative estimate of drug-likeness (QED) is 0.792. The van der Waals surface area contributed by atoms with E-state index in [1.165, 1.54) is 13.2 Å². The van der Waals surface area contributed by atoms with Crippen LogP contribution in [0.4, 0.5) is 0 Å². The summed E-state index contributed by atoms with van der Waals surface area (Å²) in [5.74, 6) is -0.582. The third kappa shape index (κ3) is 2.13. The summed E-state index contributed by atoms with van der Waals surface area (Å²) in [5, 5.41) is 19.7. The molecule has 1 aromatic carbocycles. The molecule has 0 amide bonds. The lowest BCUT2D eigenvalue weighted by atomic mass is 9.88. The van der Waals surface area contributed by atoms with E-state index in [4.69, 9.17) is 9.47 Å². The predicted octanol–water partition coefficient (Wildman–Crippen LogP) is 1.24. The van der Waals surface area contributed by atoms with Crippen LogP contribution >= 0.6 is 0 Å². The van der Waals surface area contributed by atoms with Gasteiger partial charge in [-0.3, -0.25) is 4.79 Å². The number of carbonyl (C=O) groups is 1. The summed E-state index contributed by atoms with van der Waals surface area (Å²) >= 11 is 0. The summed E-state index contributed by atoms with van der Waals surface area (Å²) in [6.07, 6.45) is -0.819. The summed E-state index contributed by atoms with van der Waals surface area (Å²) in [6, 6.07) is 4.63. The Balaban J connectivity index is 2.23. The van der Waals surface area contributed by atoms with Crippen LogP contribution in [0.2, 0.25) is 0 Å². The number of phenolic OH excluding ortho intramolecular Hbond substituents is 1. The Labute approximate surface area is 105 Å². The number of benzene rings is 1. The zero-order valence-electron chi connectivity index (χ0n) is 10.3. The zero-order valence-corrected chi connectivity index (χ0v) is 10.3. The lowest BCUT2D eigenvalue weighted by Gasteiger charge is -2.19. The summed E-state index contributed by atoms with van der Waals surface area (Å²) in [5.41, 5.74) is 0.597. The highest BCUT2D eigenvalue weighted by Gasteiger charge is 2.38. The first kappa shape index (κ1) is 12.7. The maximum Gasteiger partial charge on any atom is 0.309 e. The molecule has 0 bridgehead atoms. The number of aliphatic hydroxyl groups excluding tert-OH is 1. The minimum absolute atomic E-state index is 0.0141. The standard InChI is InChI=1S/C13H16O5/c1-7-9(6-18-13(7)16)12(15)8-3-4-10(14)11(5-8)17-2/h3-5,7,9,12,14-15H,6H2,1-2H3. The van der Waals surface area contributed by atoms with Crippen molar-refractivity contribution in [3.8, 4) is 11.5 Å². The van der Waals surface area contributed by atoms with Crippen LogP contribution in [0, 0.1) is 11.8 Å². The highest BCUT2D eigenvalue weighted by Crippen LogP contribution is 2.36. The number of hydrogen-bond acceptors (Lipinski definition) is 5. The number of phenols is 1. The smallest absolute Gasteiger partial charge is 0.309 e. The molecule has 2 N–H and O–H groups in total. The summed E-state index contributed by atoms with van der Waals surface area (Å²) in [6.45, 7) is 1.95. The normalized spacial score (nSPS) is 24.7. The molecule has 0 saturated carbocycles. The van der Waals surface area contributed by atoms with Crippen molar-refractivity contribution < 1.29 is 24.5 Å². The molecule has 5 nitrogen and oxygen atoms in total. The van der Waals surface area contributed by atoms with Crippen LogP contribution in [0.3, 0.4) is 0 Å². The molecule has 1 saturated heterocycles. The Morgan fingerprint density at radius 3 is 2.78 bits per heavy atom. The van der Waals surface area contributed by atoms with Gasteiger partial charge >= 0.3 is 5.97 Å². The molecule has 1 heterocycles. The molecule has 98 valence electrons.